The van der Waals surface area contributed by atoms with Gasteiger partial charge in [-0.05, 0) is 43.2 Å². The van der Waals surface area contributed by atoms with Crippen molar-refractivity contribution in [1.29, 1.82) is 0 Å². The quantitative estimate of drug-likeness (QED) is 0.696. The molecule has 1 aromatic heterocycles. The van der Waals surface area contributed by atoms with Crippen LogP contribution >= 0.6 is 0 Å². The van der Waals surface area contributed by atoms with Gasteiger partial charge in [0.05, 0.1) is 12.0 Å². The minimum absolute atomic E-state index is 0.0466. The van der Waals surface area contributed by atoms with Gasteiger partial charge in [-0.1, -0.05) is 18.2 Å². The van der Waals surface area contributed by atoms with E-state index in [2.05, 4.69) is 39.9 Å². The van der Waals surface area contributed by atoms with Crippen LogP contribution in [0.15, 0.2) is 42.6 Å². The van der Waals surface area contributed by atoms with E-state index in [-0.39, 0.29) is 23.7 Å². The van der Waals surface area contributed by atoms with Gasteiger partial charge < -0.3 is 10.2 Å². The second-order valence-electron chi connectivity index (χ2n) is 6.58. The molecule has 1 fully saturated rings. The average Bonchev–Trinajstić information content (AvgIpc) is 3.18. The molecule has 0 bridgehead atoms. The lowest BCUT2D eigenvalue weighted by Crippen LogP contribution is -2.34. The number of hydrogen-bond donors (Lipinski definition) is 3. The molecule has 0 spiro atoms. The predicted molar refractivity (Wildman–Crippen MR) is 103 cm³/mol. The fourth-order valence-electron chi connectivity index (χ4n) is 3.30. The van der Waals surface area contributed by atoms with Gasteiger partial charge in [0.15, 0.2) is 0 Å². The van der Waals surface area contributed by atoms with Crippen molar-refractivity contribution in [2.24, 2.45) is 5.92 Å². The largest absolute Gasteiger partial charge is 0.357 e. The second-order valence-corrected chi connectivity index (χ2v) is 6.58. The van der Waals surface area contributed by atoms with E-state index < -0.39 is 0 Å². The first-order chi connectivity index (χ1) is 13.1. The number of aromatic nitrogens is 1. The van der Waals surface area contributed by atoms with Gasteiger partial charge in [-0.25, -0.2) is 14.8 Å². The molecule has 1 amide bonds. The fourth-order valence-corrected chi connectivity index (χ4v) is 3.30. The number of rotatable bonds is 7. The van der Waals surface area contributed by atoms with Gasteiger partial charge in [0.25, 0.3) is 0 Å². The number of amides is 1. The van der Waals surface area contributed by atoms with E-state index in [0.717, 1.165) is 30.0 Å². The fraction of sp³-hybridized carbons (Fsp3) is 0.400. The first kappa shape index (κ1) is 19.3. The molecule has 1 aromatic carbocycles. The van der Waals surface area contributed by atoms with Crippen LogP contribution in [0.2, 0.25) is 0 Å². The van der Waals surface area contributed by atoms with Gasteiger partial charge >= 0.3 is 0 Å². The molecule has 0 aliphatic carbocycles. The Morgan fingerprint density at radius 3 is 2.59 bits per heavy atom. The molecule has 7 heteroatoms. The lowest BCUT2D eigenvalue weighted by Gasteiger charge is -2.20. The van der Waals surface area contributed by atoms with Crippen molar-refractivity contribution in [2.75, 3.05) is 24.5 Å². The maximum atomic E-state index is 13.1. The van der Waals surface area contributed by atoms with Crippen LogP contribution in [-0.2, 0) is 11.3 Å². The Hall–Kier alpha value is -2.51. The van der Waals surface area contributed by atoms with E-state index in [1.807, 2.05) is 12.1 Å². The van der Waals surface area contributed by atoms with E-state index in [1.165, 1.54) is 12.1 Å². The van der Waals surface area contributed by atoms with Crippen molar-refractivity contribution in [2.45, 2.75) is 26.4 Å². The van der Waals surface area contributed by atoms with Gasteiger partial charge in [-0.2, -0.15) is 0 Å². The lowest BCUT2D eigenvalue weighted by atomic mass is 9.94. The second kappa shape index (κ2) is 8.92. The normalized spacial score (nSPS) is 19.1. The molecule has 2 atom stereocenters. The Morgan fingerprint density at radius 1 is 1.22 bits per heavy atom. The third-order valence-electron chi connectivity index (χ3n) is 4.91. The molecular formula is C20H26FN5O. The highest BCUT2D eigenvalue weighted by molar-refractivity contribution is 5.80. The molecule has 6 nitrogen and oxygen atoms in total. The molecular weight excluding hydrogens is 345 g/mol. The molecule has 2 aromatic rings. The van der Waals surface area contributed by atoms with Crippen molar-refractivity contribution in [3.05, 3.63) is 59.5 Å². The van der Waals surface area contributed by atoms with E-state index in [9.17, 15) is 9.18 Å². The Morgan fingerprint density at radius 2 is 1.96 bits per heavy atom. The zero-order valence-corrected chi connectivity index (χ0v) is 15.7. The molecule has 0 radical (unpaired) electrons. The molecule has 3 N–H and O–H groups in total. The average molecular weight is 371 g/mol. The van der Waals surface area contributed by atoms with E-state index in [0.29, 0.717) is 13.1 Å². The van der Waals surface area contributed by atoms with Gasteiger partial charge in [-0.3, -0.25) is 10.2 Å². The summed E-state index contributed by atoms with van der Waals surface area (Å²) in [6, 6.07) is 10.0. The number of anilines is 1. The smallest absolute Gasteiger partial charge is 0.226 e. The van der Waals surface area contributed by atoms with Crippen molar-refractivity contribution in [1.82, 2.24) is 21.2 Å². The number of carbonyl (C=O) groups excluding carboxylic acids is 1. The Balaban J connectivity index is 1.59. The van der Waals surface area contributed by atoms with Crippen LogP contribution in [0.3, 0.4) is 0 Å². The Bertz CT molecular complexity index is 746. The summed E-state index contributed by atoms with van der Waals surface area (Å²) < 4.78 is 13.1. The topological polar surface area (TPSA) is 69.3 Å². The molecule has 3 rings (SSSR count). The third-order valence-corrected chi connectivity index (χ3v) is 4.91. The summed E-state index contributed by atoms with van der Waals surface area (Å²) in [7, 11) is 0. The van der Waals surface area contributed by atoms with Crippen LogP contribution in [0.25, 0.3) is 0 Å². The predicted octanol–water partition coefficient (Wildman–Crippen LogP) is 2.15. The molecule has 2 heterocycles. The minimum atomic E-state index is -0.286. The third kappa shape index (κ3) is 4.61. The van der Waals surface area contributed by atoms with E-state index >= 15 is 0 Å². The van der Waals surface area contributed by atoms with Crippen molar-refractivity contribution < 1.29 is 9.18 Å². The lowest BCUT2D eigenvalue weighted by molar-refractivity contribution is -0.125. The minimum Gasteiger partial charge on any atom is -0.357 e. The summed E-state index contributed by atoms with van der Waals surface area (Å²) in [6.45, 7) is 6.96. The maximum Gasteiger partial charge on any atom is 0.226 e. The number of benzene rings is 1. The molecule has 144 valence electrons. The Kier molecular flexibility index (Phi) is 6.36. The van der Waals surface area contributed by atoms with Crippen LogP contribution in [0.1, 0.15) is 31.0 Å². The molecule has 2 unspecified atom stereocenters. The van der Waals surface area contributed by atoms with Crippen molar-refractivity contribution in [3.63, 3.8) is 0 Å². The molecule has 27 heavy (non-hydrogen) atoms. The van der Waals surface area contributed by atoms with E-state index in [4.69, 9.17) is 0 Å². The number of halogens is 1. The number of pyridine rings is 1. The van der Waals surface area contributed by atoms with Crippen molar-refractivity contribution >= 4 is 11.7 Å². The van der Waals surface area contributed by atoms with Crippen LogP contribution in [-0.4, -0.2) is 30.5 Å². The monoisotopic (exact) mass is 371 g/mol. The SMILES string of the molecule is CCN(CC)c1ccc(CNC(=O)C2CNNC2c2ccc(F)cc2)cn1. The molecule has 1 aliphatic rings. The van der Waals surface area contributed by atoms with Gasteiger partial charge in [-0.15, -0.1) is 0 Å². The van der Waals surface area contributed by atoms with Gasteiger partial charge in [0.1, 0.15) is 11.6 Å². The van der Waals surface area contributed by atoms with Gasteiger partial charge in [0.2, 0.25) is 5.91 Å². The van der Waals surface area contributed by atoms with E-state index in [1.54, 1.807) is 18.3 Å². The summed E-state index contributed by atoms with van der Waals surface area (Å²) in [5.41, 5.74) is 7.96. The summed E-state index contributed by atoms with van der Waals surface area (Å²) >= 11 is 0. The van der Waals surface area contributed by atoms with Crippen LogP contribution in [0.5, 0.6) is 0 Å². The number of carbonyl (C=O) groups is 1. The molecule has 0 saturated carbocycles. The zero-order valence-electron chi connectivity index (χ0n) is 15.7. The highest BCUT2D eigenvalue weighted by Crippen LogP contribution is 2.25. The van der Waals surface area contributed by atoms with Crippen LogP contribution < -0.4 is 21.1 Å². The standard InChI is InChI=1S/C20H26FN5O/c1-3-26(4-2)18-10-5-14(11-22-18)12-23-20(27)17-13-24-25-19(17)15-6-8-16(21)9-7-15/h5-11,17,19,24-25H,3-4,12-13H2,1-2H3,(H,23,27). The number of hydrogen-bond acceptors (Lipinski definition) is 5. The maximum absolute atomic E-state index is 13.1. The van der Waals surface area contributed by atoms with Crippen molar-refractivity contribution in [3.8, 4) is 0 Å². The number of hydrazine groups is 1. The van der Waals surface area contributed by atoms with Crippen LogP contribution in [0.4, 0.5) is 10.2 Å². The van der Waals surface area contributed by atoms with Crippen LogP contribution in [0, 0.1) is 11.7 Å². The first-order valence-electron chi connectivity index (χ1n) is 9.33. The summed E-state index contributed by atoms with van der Waals surface area (Å²) in [6.07, 6.45) is 1.80. The highest BCUT2D eigenvalue weighted by atomic mass is 19.1. The number of nitrogens with one attached hydrogen (secondary N) is 3. The first-order valence-corrected chi connectivity index (χ1v) is 9.33. The zero-order chi connectivity index (χ0) is 19.2. The summed E-state index contributed by atoms with van der Waals surface area (Å²) in [5, 5.41) is 2.98. The number of nitrogens with zero attached hydrogens (tertiary/aromatic N) is 2. The summed E-state index contributed by atoms with van der Waals surface area (Å²) in [4.78, 5) is 19.3. The summed E-state index contributed by atoms with van der Waals surface area (Å²) in [5.74, 6) is 0.343. The molecule has 1 aliphatic heterocycles. The molecule has 1 saturated heterocycles. The van der Waals surface area contributed by atoms with Gasteiger partial charge in [0, 0.05) is 32.4 Å². The highest BCUT2D eigenvalue weighted by Gasteiger charge is 2.33. The Labute approximate surface area is 159 Å².